The van der Waals surface area contributed by atoms with Gasteiger partial charge in [0.05, 0.1) is 19.8 Å². The van der Waals surface area contributed by atoms with Gasteiger partial charge < -0.3 is 14.2 Å². The zero-order valence-corrected chi connectivity index (χ0v) is 12.5. The molecule has 3 aromatic carbocycles. The normalized spacial score (nSPS) is 13.3. The Morgan fingerprint density at radius 2 is 1.74 bits per heavy atom. The van der Waals surface area contributed by atoms with E-state index < -0.39 is 11.8 Å². The van der Waals surface area contributed by atoms with Gasteiger partial charge in [0.1, 0.15) is 5.75 Å². The van der Waals surface area contributed by atoms with Crippen molar-refractivity contribution in [1.82, 2.24) is 0 Å². The van der Waals surface area contributed by atoms with Gasteiger partial charge in [0.25, 0.3) is 5.78 Å². The molecule has 1 aliphatic rings. The van der Waals surface area contributed by atoms with E-state index in [0.29, 0.717) is 16.9 Å². The number of methoxy groups -OCH3 is 2. The van der Waals surface area contributed by atoms with E-state index in [0.717, 1.165) is 16.2 Å². The number of carbonyl (C=O) groups excluding carboxylic acids is 2. The molecule has 114 valence electrons. The topological polar surface area (TPSA) is 61.8 Å². The van der Waals surface area contributed by atoms with Crippen molar-refractivity contribution in [2.75, 3.05) is 14.2 Å². The number of esters is 1. The van der Waals surface area contributed by atoms with E-state index in [1.165, 1.54) is 7.11 Å². The fraction of sp³-hybridized carbons (Fsp3) is 0.111. The third kappa shape index (κ3) is 1.73. The lowest BCUT2D eigenvalue weighted by atomic mass is 9.96. The predicted molar refractivity (Wildman–Crippen MR) is 84.5 cm³/mol. The van der Waals surface area contributed by atoms with Gasteiger partial charge in [-0.15, -0.1) is 0 Å². The van der Waals surface area contributed by atoms with Crippen molar-refractivity contribution in [2.45, 2.75) is 0 Å². The standard InChI is InChI=1S/C18H12O5/c1-21-12-8-10-7-9-5-3-4-6-11(9)16(22-2)13(10)14-15(19)18(20)23-17(12)14/h3-8H,1-2H3. The summed E-state index contributed by atoms with van der Waals surface area (Å²) in [5, 5.41) is 3.15. The summed E-state index contributed by atoms with van der Waals surface area (Å²) in [4.78, 5) is 24.0. The van der Waals surface area contributed by atoms with Crippen molar-refractivity contribution in [3.63, 3.8) is 0 Å². The summed E-state index contributed by atoms with van der Waals surface area (Å²) < 4.78 is 15.9. The maximum absolute atomic E-state index is 12.3. The van der Waals surface area contributed by atoms with Gasteiger partial charge in [-0.3, -0.25) is 4.79 Å². The fourth-order valence-electron chi connectivity index (χ4n) is 3.07. The Balaban J connectivity index is 2.26. The second kappa shape index (κ2) is 4.71. The van der Waals surface area contributed by atoms with Crippen molar-refractivity contribution in [3.8, 4) is 17.2 Å². The van der Waals surface area contributed by atoms with Gasteiger partial charge in [-0.1, -0.05) is 24.3 Å². The van der Waals surface area contributed by atoms with Crippen molar-refractivity contribution in [2.24, 2.45) is 0 Å². The number of hydrogen-bond acceptors (Lipinski definition) is 5. The highest BCUT2D eigenvalue weighted by atomic mass is 16.6. The Hall–Kier alpha value is -3.08. The van der Waals surface area contributed by atoms with Crippen LogP contribution in [0.1, 0.15) is 10.4 Å². The Morgan fingerprint density at radius 3 is 2.48 bits per heavy atom. The quantitative estimate of drug-likeness (QED) is 0.315. The van der Waals surface area contributed by atoms with Crippen LogP contribution in [0.3, 0.4) is 0 Å². The molecule has 1 heterocycles. The van der Waals surface area contributed by atoms with Crippen LogP contribution < -0.4 is 14.2 Å². The van der Waals surface area contributed by atoms with Crippen molar-refractivity contribution >= 4 is 33.3 Å². The van der Waals surface area contributed by atoms with Gasteiger partial charge in [-0.25, -0.2) is 4.79 Å². The van der Waals surface area contributed by atoms with Crippen LogP contribution in [0.5, 0.6) is 17.2 Å². The van der Waals surface area contributed by atoms with E-state index >= 15 is 0 Å². The summed E-state index contributed by atoms with van der Waals surface area (Å²) in [6, 6.07) is 11.4. The van der Waals surface area contributed by atoms with Gasteiger partial charge in [-0.2, -0.15) is 0 Å². The summed E-state index contributed by atoms with van der Waals surface area (Å²) in [5.41, 5.74) is 0.201. The lowest BCUT2D eigenvalue weighted by Crippen LogP contribution is -2.10. The van der Waals surface area contributed by atoms with Gasteiger partial charge in [0.2, 0.25) is 0 Å². The second-order valence-electron chi connectivity index (χ2n) is 5.23. The lowest BCUT2D eigenvalue weighted by Gasteiger charge is -2.14. The number of Topliss-reactive ketones (excluding diaryl/α,β-unsaturated/α-hetero) is 1. The van der Waals surface area contributed by atoms with Crippen molar-refractivity contribution < 1.29 is 23.8 Å². The van der Waals surface area contributed by atoms with Gasteiger partial charge in [0.15, 0.2) is 11.5 Å². The first-order chi connectivity index (χ1) is 11.2. The van der Waals surface area contributed by atoms with Crippen LogP contribution in [0.15, 0.2) is 36.4 Å². The molecule has 0 aliphatic carbocycles. The summed E-state index contributed by atoms with van der Waals surface area (Å²) in [6.07, 6.45) is 0. The average Bonchev–Trinajstić information content (AvgIpc) is 2.87. The van der Waals surface area contributed by atoms with E-state index in [9.17, 15) is 9.59 Å². The van der Waals surface area contributed by atoms with E-state index in [1.807, 2.05) is 30.3 Å². The summed E-state index contributed by atoms with van der Waals surface area (Å²) in [5.74, 6) is -0.533. The largest absolute Gasteiger partial charge is 0.495 e. The van der Waals surface area contributed by atoms with Crippen LogP contribution in [0, 0.1) is 0 Å². The average molecular weight is 308 g/mol. The number of carbonyl (C=O) groups is 2. The first kappa shape index (κ1) is 13.6. The van der Waals surface area contributed by atoms with Crippen LogP contribution in [0.4, 0.5) is 0 Å². The Labute approximate surface area is 131 Å². The second-order valence-corrected chi connectivity index (χ2v) is 5.23. The van der Waals surface area contributed by atoms with Gasteiger partial charge in [0, 0.05) is 10.8 Å². The molecule has 3 aromatic rings. The predicted octanol–water partition coefficient (Wildman–Crippen LogP) is 3.11. The molecule has 0 amide bonds. The monoisotopic (exact) mass is 308 g/mol. The molecule has 0 unspecified atom stereocenters. The van der Waals surface area contributed by atoms with E-state index in [-0.39, 0.29) is 11.3 Å². The number of ether oxygens (including phenoxy) is 3. The minimum atomic E-state index is -0.902. The fourth-order valence-corrected chi connectivity index (χ4v) is 3.07. The van der Waals surface area contributed by atoms with E-state index in [1.54, 1.807) is 13.2 Å². The summed E-state index contributed by atoms with van der Waals surface area (Å²) in [7, 11) is 3.01. The number of ketones is 1. The molecule has 1 aliphatic heterocycles. The van der Waals surface area contributed by atoms with Gasteiger partial charge >= 0.3 is 5.97 Å². The molecule has 0 radical (unpaired) electrons. The van der Waals surface area contributed by atoms with Crippen LogP contribution in [0.25, 0.3) is 21.5 Å². The molecule has 0 aromatic heterocycles. The first-order valence-corrected chi connectivity index (χ1v) is 7.02. The molecular weight excluding hydrogens is 296 g/mol. The van der Waals surface area contributed by atoms with Crippen LogP contribution in [0.2, 0.25) is 0 Å². The number of benzene rings is 3. The molecule has 5 nitrogen and oxygen atoms in total. The number of hydrogen-bond donors (Lipinski definition) is 0. The summed E-state index contributed by atoms with van der Waals surface area (Å²) in [6.45, 7) is 0. The molecule has 0 fully saturated rings. The molecule has 23 heavy (non-hydrogen) atoms. The number of fused-ring (bicyclic) bond motifs is 4. The third-order valence-corrected chi connectivity index (χ3v) is 4.05. The highest BCUT2D eigenvalue weighted by Crippen LogP contribution is 2.46. The van der Waals surface area contributed by atoms with Crippen molar-refractivity contribution in [3.05, 3.63) is 42.0 Å². The molecule has 0 saturated heterocycles. The minimum Gasteiger partial charge on any atom is -0.495 e. The molecule has 0 bridgehead atoms. The van der Waals surface area contributed by atoms with E-state index in [2.05, 4.69) is 0 Å². The maximum Gasteiger partial charge on any atom is 0.385 e. The summed E-state index contributed by atoms with van der Waals surface area (Å²) >= 11 is 0. The lowest BCUT2D eigenvalue weighted by molar-refractivity contribution is -0.128. The molecule has 0 spiro atoms. The minimum absolute atomic E-state index is 0.156. The molecular formula is C18H12O5. The SMILES string of the molecule is COc1cc2cc3ccccc3c(OC)c2c2c1OC(=O)C2=O. The van der Waals surface area contributed by atoms with Crippen molar-refractivity contribution in [1.29, 1.82) is 0 Å². The number of rotatable bonds is 2. The maximum atomic E-state index is 12.3. The zero-order chi connectivity index (χ0) is 16.1. The Kier molecular flexibility index (Phi) is 2.78. The molecule has 0 atom stereocenters. The Bertz CT molecular complexity index is 1000. The van der Waals surface area contributed by atoms with Crippen LogP contribution >= 0.6 is 0 Å². The molecule has 5 heteroatoms. The third-order valence-electron chi connectivity index (χ3n) is 4.05. The first-order valence-electron chi connectivity index (χ1n) is 7.02. The molecule has 0 saturated carbocycles. The van der Waals surface area contributed by atoms with Gasteiger partial charge in [-0.05, 0) is 22.9 Å². The molecule has 0 N–H and O–H groups in total. The van der Waals surface area contributed by atoms with Crippen LogP contribution in [-0.2, 0) is 4.79 Å². The Morgan fingerprint density at radius 1 is 0.957 bits per heavy atom. The highest BCUT2D eigenvalue weighted by molar-refractivity contribution is 6.47. The van der Waals surface area contributed by atoms with E-state index in [4.69, 9.17) is 14.2 Å². The van der Waals surface area contributed by atoms with Crippen LogP contribution in [-0.4, -0.2) is 26.0 Å². The zero-order valence-electron chi connectivity index (χ0n) is 12.5. The smallest absolute Gasteiger partial charge is 0.385 e. The highest BCUT2D eigenvalue weighted by Gasteiger charge is 2.37. The molecule has 4 rings (SSSR count).